The first-order valence-corrected chi connectivity index (χ1v) is 19.7. The van der Waals surface area contributed by atoms with Gasteiger partial charge in [-0.25, -0.2) is 0 Å². The first-order valence-electron chi connectivity index (χ1n) is 19.7. The summed E-state index contributed by atoms with van der Waals surface area (Å²) in [4.78, 5) is 23.9. The summed E-state index contributed by atoms with van der Waals surface area (Å²) < 4.78 is 16.1. The van der Waals surface area contributed by atoms with Crippen LogP contribution in [0.1, 0.15) is 194 Å². The van der Waals surface area contributed by atoms with Crippen molar-refractivity contribution < 1.29 is 28.9 Å². The molecule has 0 saturated carbocycles. The zero-order valence-electron chi connectivity index (χ0n) is 30.5. The summed E-state index contributed by atoms with van der Waals surface area (Å²) in [6.45, 7) is 6.61. The standard InChI is InChI=1S/C40H74O6/c1-4-5-23-29-37-38(46-37)30-25-20-16-13-14-18-22-27-32-40(43)45-34-36(41)33-44-39(42)31-26-21-17-12-10-8-6-7-9-11-15-19-24-28-35(2)3/h20,25,35-38,41H,4-19,21-24,26-34H2,1-3H3/b25-20-/t36-,37?,38?/m1/s1. The van der Waals surface area contributed by atoms with Crippen LogP contribution in [-0.2, 0) is 23.8 Å². The van der Waals surface area contributed by atoms with E-state index in [0.717, 1.165) is 57.3 Å². The van der Waals surface area contributed by atoms with Gasteiger partial charge in [0.05, 0.1) is 12.2 Å². The topological polar surface area (TPSA) is 85.4 Å². The van der Waals surface area contributed by atoms with E-state index < -0.39 is 6.10 Å². The van der Waals surface area contributed by atoms with Crippen LogP contribution in [0.15, 0.2) is 12.2 Å². The van der Waals surface area contributed by atoms with Gasteiger partial charge in [0.25, 0.3) is 0 Å². The molecule has 46 heavy (non-hydrogen) atoms. The van der Waals surface area contributed by atoms with Gasteiger partial charge in [0, 0.05) is 12.8 Å². The Labute approximate surface area is 284 Å². The zero-order valence-corrected chi connectivity index (χ0v) is 30.5. The maximum atomic E-state index is 12.0. The van der Waals surface area contributed by atoms with Gasteiger partial charge in [-0.15, -0.1) is 0 Å². The van der Waals surface area contributed by atoms with Gasteiger partial charge >= 0.3 is 11.9 Å². The average molecular weight is 651 g/mol. The van der Waals surface area contributed by atoms with Crippen LogP contribution in [0, 0.1) is 5.92 Å². The van der Waals surface area contributed by atoms with E-state index in [-0.39, 0.29) is 25.2 Å². The molecule has 0 spiro atoms. The minimum Gasteiger partial charge on any atom is -0.463 e. The molecule has 1 rings (SSSR count). The van der Waals surface area contributed by atoms with Crippen molar-refractivity contribution in [2.45, 2.75) is 212 Å². The Hall–Kier alpha value is -1.40. The smallest absolute Gasteiger partial charge is 0.305 e. The zero-order chi connectivity index (χ0) is 33.5. The Morgan fingerprint density at radius 2 is 1.11 bits per heavy atom. The number of carbonyl (C=O) groups excluding carboxylic acids is 2. The lowest BCUT2D eigenvalue weighted by Gasteiger charge is -2.12. The SMILES string of the molecule is CCCCCC1OC1C/C=C\CCCCCCCC(=O)OC[C@H](O)COC(=O)CCCCCCCCCCCCCCCC(C)C. The van der Waals surface area contributed by atoms with E-state index in [1.165, 1.54) is 109 Å². The van der Waals surface area contributed by atoms with Gasteiger partial charge in [-0.05, 0) is 44.4 Å². The molecular formula is C40H74O6. The first-order chi connectivity index (χ1) is 22.4. The minimum absolute atomic E-state index is 0.119. The fourth-order valence-corrected chi connectivity index (χ4v) is 5.98. The largest absolute Gasteiger partial charge is 0.463 e. The molecule has 0 radical (unpaired) electrons. The van der Waals surface area contributed by atoms with E-state index >= 15 is 0 Å². The molecule has 3 atom stereocenters. The second kappa shape index (κ2) is 30.9. The van der Waals surface area contributed by atoms with Crippen LogP contribution in [0.4, 0.5) is 0 Å². The summed E-state index contributed by atoms with van der Waals surface area (Å²) in [5.41, 5.74) is 0. The number of hydrogen-bond acceptors (Lipinski definition) is 6. The van der Waals surface area contributed by atoms with Crippen LogP contribution in [0.5, 0.6) is 0 Å². The molecular weight excluding hydrogens is 576 g/mol. The Morgan fingerprint density at radius 1 is 0.630 bits per heavy atom. The Morgan fingerprint density at radius 3 is 1.61 bits per heavy atom. The maximum Gasteiger partial charge on any atom is 0.305 e. The van der Waals surface area contributed by atoms with Crippen molar-refractivity contribution in [3.63, 3.8) is 0 Å². The molecule has 1 aliphatic rings. The minimum atomic E-state index is -0.968. The van der Waals surface area contributed by atoms with E-state index in [9.17, 15) is 14.7 Å². The van der Waals surface area contributed by atoms with Crippen LogP contribution in [0.3, 0.4) is 0 Å². The second-order valence-electron chi connectivity index (χ2n) is 14.3. The number of hydrogen-bond donors (Lipinski definition) is 1. The number of aliphatic hydroxyl groups excluding tert-OH is 1. The van der Waals surface area contributed by atoms with E-state index in [2.05, 4.69) is 32.9 Å². The summed E-state index contributed by atoms with van der Waals surface area (Å²) in [6, 6.07) is 0. The number of unbranched alkanes of at least 4 members (excludes halogenated alkanes) is 19. The molecule has 1 heterocycles. The van der Waals surface area contributed by atoms with Gasteiger partial charge in [-0.2, -0.15) is 0 Å². The molecule has 0 aromatic rings. The summed E-state index contributed by atoms with van der Waals surface area (Å²) in [5, 5.41) is 10.0. The van der Waals surface area contributed by atoms with Gasteiger partial charge in [-0.3, -0.25) is 9.59 Å². The summed E-state index contributed by atoms with van der Waals surface area (Å²) in [6.07, 6.45) is 35.8. The van der Waals surface area contributed by atoms with E-state index in [4.69, 9.17) is 14.2 Å². The van der Waals surface area contributed by atoms with Gasteiger partial charge in [0.1, 0.15) is 19.3 Å². The molecule has 6 nitrogen and oxygen atoms in total. The van der Waals surface area contributed by atoms with Gasteiger partial charge in [0.2, 0.25) is 0 Å². The van der Waals surface area contributed by atoms with Crippen LogP contribution >= 0.6 is 0 Å². The number of ether oxygens (including phenoxy) is 3. The van der Waals surface area contributed by atoms with Crippen LogP contribution in [0.25, 0.3) is 0 Å². The number of esters is 2. The highest BCUT2D eigenvalue weighted by molar-refractivity contribution is 5.69. The third-order valence-electron chi connectivity index (χ3n) is 9.10. The molecule has 0 amide bonds. The molecule has 0 aliphatic carbocycles. The van der Waals surface area contributed by atoms with Crippen molar-refractivity contribution in [3.05, 3.63) is 12.2 Å². The fourth-order valence-electron chi connectivity index (χ4n) is 5.98. The third-order valence-corrected chi connectivity index (χ3v) is 9.10. The van der Waals surface area contributed by atoms with Crippen molar-refractivity contribution in [1.29, 1.82) is 0 Å². The lowest BCUT2D eigenvalue weighted by molar-refractivity contribution is -0.152. The maximum absolute atomic E-state index is 12.0. The molecule has 0 bridgehead atoms. The highest BCUT2D eigenvalue weighted by atomic mass is 16.6. The Balaban J connectivity index is 1.80. The molecule has 270 valence electrons. The average Bonchev–Trinajstić information content (AvgIpc) is 3.79. The van der Waals surface area contributed by atoms with Crippen LogP contribution in [0.2, 0.25) is 0 Å². The van der Waals surface area contributed by atoms with Gasteiger partial charge < -0.3 is 19.3 Å². The lowest BCUT2D eigenvalue weighted by atomic mass is 10.0. The van der Waals surface area contributed by atoms with E-state index in [1.54, 1.807) is 0 Å². The predicted molar refractivity (Wildman–Crippen MR) is 191 cm³/mol. The van der Waals surface area contributed by atoms with Crippen molar-refractivity contribution >= 4 is 11.9 Å². The fraction of sp³-hybridized carbons (Fsp3) is 0.900. The quantitative estimate of drug-likeness (QED) is 0.0323. The highest BCUT2D eigenvalue weighted by Crippen LogP contribution is 2.30. The van der Waals surface area contributed by atoms with Gasteiger partial charge in [-0.1, -0.05) is 155 Å². The number of allylic oxidation sites excluding steroid dienone is 1. The van der Waals surface area contributed by atoms with Crippen LogP contribution in [-0.4, -0.2) is 48.6 Å². The molecule has 6 heteroatoms. The summed E-state index contributed by atoms with van der Waals surface area (Å²) in [7, 11) is 0. The lowest BCUT2D eigenvalue weighted by Crippen LogP contribution is -2.25. The van der Waals surface area contributed by atoms with Crippen molar-refractivity contribution in [3.8, 4) is 0 Å². The highest BCUT2D eigenvalue weighted by Gasteiger charge is 2.36. The summed E-state index contributed by atoms with van der Waals surface area (Å²) in [5.74, 6) is 0.266. The Kier molecular flexibility index (Phi) is 28.6. The predicted octanol–water partition coefficient (Wildman–Crippen LogP) is 11.0. The number of epoxide rings is 1. The van der Waals surface area contributed by atoms with Crippen molar-refractivity contribution in [2.75, 3.05) is 13.2 Å². The molecule has 1 aliphatic heterocycles. The van der Waals surface area contributed by atoms with Gasteiger partial charge in [0.15, 0.2) is 0 Å². The van der Waals surface area contributed by atoms with Crippen molar-refractivity contribution in [1.82, 2.24) is 0 Å². The van der Waals surface area contributed by atoms with Crippen LogP contribution < -0.4 is 0 Å². The molecule has 1 saturated heterocycles. The van der Waals surface area contributed by atoms with E-state index in [0.29, 0.717) is 25.0 Å². The summed E-state index contributed by atoms with van der Waals surface area (Å²) >= 11 is 0. The normalized spacial score (nSPS) is 16.7. The third kappa shape index (κ3) is 28.8. The second-order valence-corrected chi connectivity index (χ2v) is 14.3. The molecule has 0 aromatic carbocycles. The molecule has 2 unspecified atom stereocenters. The number of carbonyl (C=O) groups is 2. The molecule has 1 fully saturated rings. The molecule has 1 N–H and O–H groups in total. The number of aliphatic hydroxyl groups is 1. The first kappa shape index (κ1) is 42.6. The Bertz CT molecular complexity index is 735. The van der Waals surface area contributed by atoms with Crippen molar-refractivity contribution in [2.24, 2.45) is 5.92 Å². The number of rotatable bonds is 34. The van der Waals surface area contributed by atoms with E-state index in [1.807, 2.05) is 0 Å². The monoisotopic (exact) mass is 651 g/mol. The molecule has 0 aromatic heterocycles.